The Morgan fingerprint density at radius 2 is 1.96 bits per heavy atom. The van der Waals surface area contributed by atoms with Crippen LogP contribution in [0.4, 0.5) is 0 Å². The SMILES string of the molecule is O=C(O)/C=C/c1ccc(OC2CCCC2)c2oc3ccccc3c12. The van der Waals surface area contributed by atoms with Gasteiger partial charge in [0, 0.05) is 16.8 Å². The molecule has 0 aliphatic heterocycles. The molecule has 1 N–H and O–H groups in total. The van der Waals surface area contributed by atoms with Crippen molar-refractivity contribution in [2.75, 3.05) is 0 Å². The Hall–Kier alpha value is -2.75. The molecular formula is C20H18O4. The monoisotopic (exact) mass is 322 g/mol. The average Bonchev–Trinajstić information content (AvgIpc) is 3.21. The summed E-state index contributed by atoms with van der Waals surface area (Å²) in [6.07, 6.45) is 7.53. The molecule has 1 aliphatic carbocycles. The molecule has 4 nitrogen and oxygen atoms in total. The summed E-state index contributed by atoms with van der Waals surface area (Å²) >= 11 is 0. The second-order valence-electron chi connectivity index (χ2n) is 6.15. The molecule has 1 aromatic heterocycles. The van der Waals surface area contributed by atoms with Gasteiger partial charge in [0.1, 0.15) is 5.58 Å². The van der Waals surface area contributed by atoms with E-state index >= 15 is 0 Å². The van der Waals surface area contributed by atoms with Crippen molar-refractivity contribution in [2.24, 2.45) is 0 Å². The van der Waals surface area contributed by atoms with Crippen molar-refractivity contribution in [3.63, 3.8) is 0 Å². The number of hydrogen-bond acceptors (Lipinski definition) is 3. The summed E-state index contributed by atoms with van der Waals surface area (Å²) in [4.78, 5) is 10.9. The maximum atomic E-state index is 10.9. The minimum absolute atomic E-state index is 0.238. The lowest BCUT2D eigenvalue weighted by Crippen LogP contribution is -2.10. The number of furan rings is 1. The summed E-state index contributed by atoms with van der Waals surface area (Å²) in [6, 6.07) is 11.6. The topological polar surface area (TPSA) is 59.7 Å². The first-order valence-corrected chi connectivity index (χ1v) is 8.24. The summed E-state index contributed by atoms with van der Waals surface area (Å²) in [7, 11) is 0. The number of benzene rings is 2. The van der Waals surface area contributed by atoms with Crippen molar-refractivity contribution in [1.82, 2.24) is 0 Å². The van der Waals surface area contributed by atoms with Gasteiger partial charge in [0.25, 0.3) is 0 Å². The number of carboxylic acid groups (broad SMARTS) is 1. The fourth-order valence-electron chi connectivity index (χ4n) is 3.41. The van der Waals surface area contributed by atoms with Crippen LogP contribution in [0.2, 0.25) is 0 Å². The Labute approximate surface area is 139 Å². The molecule has 0 saturated heterocycles. The van der Waals surface area contributed by atoms with Crippen molar-refractivity contribution < 1.29 is 19.1 Å². The largest absolute Gasteiger partial charge is 0.486 e. The molecule has 4 heteroatoms. The lowest BCUT2D eigenvalue weighted by atomic mass is 10.1. The van der Waals surface area contributed by atoms with Gasteiger partial charge in [0.05, 0.1) is 6.10 Å². The highest BCUT2D eigenvalue weighted by Crippen LogP contribution is 2.39. The van der Waals surface area contributed by atoms with E-state index < -0.39 is 5.97 Å². The zero-order valence-corrected chi connectivity index (χ0v) is 13.2. The number of ether oxygens (including phenoxy) is 1. The summed E-state index contributed by atoms with van der Waals surface area (Å²) in [5.74, 6) is -0.234. The van der Waals surface area contributed by atoms with Gasteiger partial charge in [-0.25, -0.2) is 4.79 Å². The number of fused-ring (bicyclic) bond motifs is 3. The molecule has 0 unspecified atom stereocenters. The first-order valence-electron chi connectivity index (χ1n) is 8.24. The maximum Gasteiger partial charge on any atom is 0.328 e. The minimum Gasteiger partial charge on any atom is -0.486 e. The number of aliphatic carboxylic acids is 1. The molecule has 1 heterocycles. The quantitative estimate of drug-likeness (QED) is 0.686. The zero-order chi connectivity index (χ0) is 16.5. The molecule has 2 aromatic carbocycles. The second kappa shape index (κ2) is 6.04. The predicted octanol–water partition coefficient (Wildman–Crippen LogP) is 5.01. The lowest BCUT2D eigenvalue weighted by Gasteiger charge is -2.13. The highest BCUT2D eigenvalue weighted by Gasteiger charge is 2.20. The van der Waals surface area contributed by atoms with Crippen LogP contribution in [-0.4, -0.2) is 17.2 Å². The highest BCUT2D eigenvalue weighted by molar-refractivity contribution is 6.11. The molecule has 0 amide bonds. The standard InChI is InChI=1S/C20H18O4/c21-18(22)12-10-13-9-11-17(23-14-5-1-2-6-14)20-19(13)15-7-3-4-8-16(15)24-20/h3-4,7-12,14H,1-2,5-6H2,(H,21,22)/b12-10+. The zero-order valence-electron chi connectivity index (χ0n) is 13.2. The smallest absolute Gasteiger partial charge is 0.328 e. The van der Waals surface area contributed by atoms with Gasteiger partial charge in [-0.3, -0.25) is 0 Å². The Morgan fingerprint density at radius 1 is 1.17 bits per heavy atom. The Bertz CT molecular complexity index is 929. The minimum atomic E-state index is -0.970. The summed E-state index contributed by atoms with van der Waals surface area (Å²) in [5.41, 5.74) is 2.28. The summed E-state index contributed by atoms with van der Waals surface area (Å²) in [6.45, 7) is 0. The molecule has 0 atom stereocenters. The van der Waals surface area contributed by atoms with Gasteiger partial charge >= 0.3 is 5.97 Å². The molecule has 3 aromatic rings. The Morgan fingerprint density at radius 3 is 2.75 bits per heavy atom. The highest BCUT2D eigenvalue weighted by atomic mass is 16.5. The van der Waals surface area contributed by atoms with Gasteiger partial charge in [-0.05, 0) is 49.5 Å². The van der Waals surface area contributed by atoms with Gasteiger partial charge in [-0.1, -0.05) is 24.3 Å². The molecule has 4 rings (SSSR count). The van der Waals surface area contributed by atoms with Crippen LogP contribution in [0.25, 0.3) is 28.0 Å². The maximum absolute atomic E-state index is 10.9. The third kappa shape index (κ3) is 2.64. The van der Waals surface area contributed by atoms with E-state index in [0.717, 1.165) is 46.6 Å². The van der Waals surface area contributed by atoms with Crippen LogP contribution in [0.1, 0.15) is 31.2 Å². The van der Waals surface area contributed by atoms with Gasteiger partial charge in [0.15, 0.2) is 11.3 Å². The van der Waals surface area contributed by atoms with Crippen LogP contribution in [0.5, 0.6) is 5.75 Å². The Balaban J connectivity index is 1.89. The van der Waals surface area contributed by atoms with Gasteiger partial charge < -0.3 is 14.3 Å². The number of carbonyl (C=O) groups is 1. The van der Waals surface area contributed by atoms with E-state index in [2.05, 4.69) is 0 Å². The molecule has 1 fully saturated rings. The van der Waals surface area contributed by atoms with E-state index in [4.69, 9.17) is 14.3 Å². The third-order valence-electron chi connectivity index (χ3n) is 4.52. The third-order valence-corrected chi connectivity index (χ3v) is 4.52. The van der Waals surface area contributed by atoms with Crippen molar-refractivity contribution >= 4 is 34.0 Å². The van der Waals surface area contributed by atoms with E-state index in [1.165, 1.54) is 12.8 Å². The van der Waals surface area contributed by atoms with Crippen LogP contribution in [0.15, 0.2) is 46.9 Å². The van der Waals surface area contributed by atoms with E-state index in [0.29, 0.717) is 5.58 Å². The van der Waals surface area contributed by atoms with Gasteiger partial charge in [-0.2, -0.15) is 0 Å². The normalized spacial score (nSPS) is 15.7. The lowest BCUT2D eigenvalue weighted by molar-refractivity contribution is -0.131. The first kappa shape index (κ1) is 14.8. The molecule has 122 valence electrons. The Kier molecular flexibility index (Phi) is 3.73. The van der Waals surface area contributed by atoms with Crippen molar-refractivity contribution in [1.29, 1.82) is 0 Å². The average molecular weight is 322 g/mol. The van der Waals surface area contributed by atoms with Crippen LogP contribution in [0, 0.1) is 0 Å². The van der Waals surface area contributed by atoms with Crippen LogP contribution < -0.4 is 4.74 Å². The van der Waals surface area contributed by atoms with Crippen LogP contribution >= 0.6 is 0 Å². The van der Waals surface area contributed by atoms with Gasteiger partial charge in [-0.15, -0.1) is 0 Å². The molecule has 0 radical (unpaired) electrons. The van der Waals surface area contributed by atoms with E-state index in [9.17, 15) is 4.79 Å². The van der Waals surface area contributed by atoms with E-state index in [1.54, 1.807) is 6.08 Å². The summed E-state index contributed by atoms with van der Waals surface area (Å²) in [5, 5.41) is 10.8. The fraction of sp³-hybridized carbons (Fsp3) is 0.250. The fourth-order valence-corrected chi connectivity index (χ4v) is 3.41. The van der Waals surface area contributed by atoms with E-state index in [1.807, 2.05) is 36.4 Å². The first-order chi connectivity index (χ1) is 11.7. The van der Waals surface area contributed by atoms with Crippen molar-refractivity contribution in [3.05, 3.63) is 48.0 Å². The number of carboxylic acids is 1. The second-order valence-corrected chi connectivity index (χ2v) is 6.15. The molecule has 0 spiro atoms. The number of hydrogen-bond donors (Lipinski definition) is 1. The number of rotatable bonds is 4. The summed E-state index contributed by atoms with van der Waals surface area (Å²) < 4.78 is 12.2. The number of para-hydroxylation sites is 1. The van der Waals surface area contributed by atoms with Crippen molar-refractivity contribution in [3.8, 4) is 5.75 Å². The molecule has 1 saturated carbocycles. The van der Waals surface area contributed by atoms with Gasteiger partial charge in [0.2, 0.25) is 0 Å². The molecular weight excluding hydrogens is 304 g/mol. The van der Waals surface area contributed by atoms with Crippen LogP contribution in [-0.2, 0) is 4.79 Å². The molecule has 24 heavy (non-hydrogen) atoms. The van der Waals surface area contributed by atoms with Crippen LogP contribution in [0.3, 0.4) is 0 Å². The predicted molar refractivity (Wildman–Crippen MR) is 93.3 cm³/mol. The molecule has 0 bridgehead atoms. The van der Waals surface area contributed by atoms with Crippen molar-refractivity contribution in [2.45, 2.75) is 31.8 Å². The van der Waals surface area contributed by atoms with E-state index in [-0.39, 0.29) is 6.10 Å². The molecule has 1 aliphatic rings.